The van der Waals surface area contributed by atoms with E-state index in [0.717, 1.165) is 0 Å². The SMILES string of the molecule is COc1cccc(C(=O)OCC(=O)N(C)[C@H]2CCS(=O)(=O)C2)c1. The summed E-state index contributed by atoms with van der Waals surface area (Å²) in [5.41, 5.74) is 0.281. The van der Waals surface area contributed by atoms with Crippen molar-refractivity contribution < 1.29 is 27.5 Å². The fourth-order valence-corrected chi connectivity index (χ4v) is 4.12. The van der Waals surface area contributed by atoms with E-state index in [9.17, 15) is 18.0 Å². The second kappa shape index (κ2) is 6.99. The summed E-state index contributed by atoms with van der Waals surface area (Å²) < 4.78 is 32.9. The molecule has 0 unspecified atom stereocenters. The Kier molecular flexibility index (Phi) is 5.25. The van der Waals surface area contributed by atoms with Gasteiger partial charge in [0, 0.05) is 13.1 Å². The summed E-state index contributed by atoms with van der Waals surface area (Å²) in [7, 11) is -0.0657. The van der Waals surface area contributed by atoms with E-state index in [4.69, 9.17) is 9.47 Å². The highest BCUT2D eigenvalue weighted by molar-refractivity contribution is 7.91. The van der Waals surface area contributed by atoms with Gasteiger partial charge in [-0.2, -0.15) is 0 Å². The number of hydrogen-bond acceptors (Lipinski definition) is 6. The van der Waals surface area contributed by atoms with Crippen LogP contribution in [0.2, 0.25) is 0 Å². The lowest BCUT2D eigenvalue weighted by Gasteiger charge is -2.23. The number of esters is 1. The molecule has 1 aromatic rings. The van der Waals surface area contributed by atoms with Gasteiger partial charge in [0.15, 0.2) is 16.4 Å². The van der Waals surface area contributed by atoms with Gasteiger partial charge in [0.05, 0.1) is 24.2 Å². The molecular formula is C15H19NO6S. The first-order valence-corrected chi connectivity index (χ1v) is 8.92. The van der Waals surface area contributed by atoms with E-state index in [1.807, 2.05) is 0 Å². The zero-order valence-corrected chi connectivity index (χ0v) is 13.8. The lowest BCUT2D eigenvalue weighted by molar-refractivity contribution is -0.134. The van der Waals surface area contributed by atoms with E-state index in [-0.39, 0.29) is 23.1 Å². The lowest BCUT2D eigenvalue weighted by atomic mass is 10.2. The molecule has 8 heteroatoms. The molecule has 0 bridgehead atoms. The van der Waals surface area contributed by atoms with E-state index in [1.54, 1.807) is 18.2 Å². The van der Waals surface area contributed by atoms with Gasteiger partial charge in [0.25, 0.3) is 5.91 Å². The van der Waals surface area contributed by atoms with Gasteiger partial charge in [-0.25, -0.2) is 13.2 Å². The van der Waals surface area contributed by atoms with Gasteiger partial charge in [0.1, 0.15) is 5.75 Å². The summed E-state index contributed by atoms with van der Waals surface area (Å²) in [4.78, 5) is 25.3. The standard InChI is InChI=1S/C15H19NO6S/c1-16(12-6-7-23(19,20)10-12)14(17)9-22-15(18)11-4-3-5-13(8-11)21-2/h3-5,8,12H,6-7,9-10H2,1-2H3/t12-/m0/s1. The number of nitrogens with zero attached hydrogens (tertiary/aromatic N) is 1. The Labute approximate surface area is 135 Å². The zero-order valence-electron chi connectivity index (χ0n) is 13.0. The molecule has 1 amide bonds. The smallest absolute Gasteiger partial charge is 0.338 e. The first-order chi connectivity index (χ1) is 10.8. The average molecular weight is 341 g/mol. The largest absolute Gasteiger partial charge is 0.497 e. The summed E-state index contributed by atoms with van der Waals surface area (Å²) in [5.74, 6) is -0.509. The maximum absolute atomic E-state index is 12.0. The molecule has 1 atom stereocenters. The molecule has 1 aliphatic heterocycles. The fraction of sp³-hybridized carbons (Fsp3) is 0.467. The third kappa shape index (κ3) is 4.44. The zero-order chi connectivity index (χ0) is 17.0. The lowest BCUT2D eigenvalue weighted by Crippen LogP contribution is -2.40. The Morgan fingerprint density at radius 2 is 2.09 bits per heavy atom. The van der Waals surface area contributed by atoms with Crippen LogP contribution in [0.4, 0.5) is 0 Å². The molecular weight excluding hydrogens is 322 g/mol. The normalized spacial score (nSPS) is 19.1. The van der Waals surface area contributed by atoms with Crippen molar-refractivity contribution in [1.82, 2.24) is 4.90 Å². The highest BCUT2D eigenvalue weighted by Crippen LogP contribution is 2.17. The maximum Gasteiger partial charge on any atom is 0.338 e. The molecule has 1 saturated heterocycles. The Hall–Kier alpha value is -2.09. The van der Waals surface area contributed by atoms with Gasteiger partial charge < -0.3 is 14.4 Å². The highest BCUT2D eigenvalue weighted by atomic mass is 32.2. The number of methoxy groups -OCH3 is 1. The summed E-state index contributed by atoms with van der Waals surface area (Å²) >= 11 is 0. The number of hydrogen-bond donors (Lipinski definition) is 0. The molecule has 126 valence electrons. The number of ether oxygens (including phenoxy) is 2. The minimum Gasteiger partial charge on any atom is -0.497 e. The highest BCUT2D eigenvalue weighted by Gasteiger charge is 2.32. The van der Waals surface area contributed by atoms with Crippen molar-refractivity contribution >= 4 is 21.7 Å². The summed E-state index contributed by atoms with van der Waals surface area (Å²) in [6.45, 7) is -0.427. The third-order valence-corrected chi connectivity index (χ3v) is 5.53. The van der Waals surface area contributed by atoms with Crippen LogP contribution in [0.25, 0.3) is 0 Å². The van der Waals surface area contributed by atoms with Crippen molar-refractivity contribution in [2.45, 2.75) is 12.5 Å². The summed E-state index contributed by atoms with van der Waals surface area (Å²) in [6.07, 6.45) is 0.411. The number of amides is 1. The van der Waals surface area contributed by atoms with Crippen LogP contribution in [0.15, 0.2) is 24.3 Å². The summed E-state index contributed by atoms with van der Waals surface area (Å²) in [5, 5.41) is 0. The van der Waals surface area contributed by atoms with E-state index >= 15 is 0 Å². The van der Waals surface area contributed by atoms with Crippen LogP contribution in [0.5, 0.6) is 5.75 Å². The Balaban J connectivity index is 1.89. The van der Waals surface area contributed by atoms with Crippen LogP contribution in [-0.2, 0) is 19.4 Å². The Bertz CT molecular complexity index is 700. The van der Waals surface area contributed by atoms with E-state index in [0.29, 0.717) is 12.2 Å². The number of sulfone groups is 1. The molecule has 0 radical (unpaired) electrons. The van der Waals surface area contributed by atoms with Crippen LogP contribution in [-0.4, -0.2) is 63.5 Å². The minimum atomic E-state index is -3.07. The number of carbonyl (C=O) groups excluding carboxylic acids is 2. The number of rotatable bonds is 5. The van der Waals surface area contributed by atoms with Crippen molar-refractivity contribution in [2.24, 2.45) is 0 Å². The van der Waals surface area contributed by atoms with Gasteiger partial charge >= 0.3 is 5.97 Å². The van der Waals surface area contributed by atoms with E-state index in [2.05, 4.69) is 0 Å². The maximum atomic E-state index is 12.0. The monoisotopic (exact) mass is 341 g/mol. The number of carbonyl (C=O) groups is 2. The molecule has 1 aliphatic rings. The van der Waals surface area contributed by atoms with Crippen molar-refractivity contribution in [3.8, 4) is 5.75 Å². The van der Waals surface area contributed by atoms with Gasteiger partial charge in [-0.3, -0.25) is 4.79 Å². The first-order valence-electron chi connectivity index (χ1n) is 7.09. The molecule has 0 aromatic heterocycles. The van der Waals surface area contributed by atoms with E-state index < -0.39 is 28.3 Å². The molecule has 23 heavy (non-hydrogen) atoms. The van der Waals surface area contributed by atoms with Crippen LogP contribution < -0.4 is 4.74 Å². The van der Waals surface area contributed by atoms with Gasteiger partial charge in [0.2, 0.25) is 0 Å². The predicted octanol–water partition coefficient (Wildman–Crippen LogP) is 0.498. The molecule has 1 fully saturated rings. The number of likely N-dealkylation sites (N-methyl/N-ethyl adjacent to an activating group) is 1. The van der Waals surface area contributed by atoms with Crippen molar-refractivity contribution in [3.63, 3.8) is 0 Å². The molecule has 1 heterocycles. The van der Waals surface area contributed by atoms with Crippen molar-refractivity contribution in [1.29, 1.82) is 0 Å². The van der Waals surface area contributed by atoms with Crippen molar-refractivity contribution in [2.75, 3.05) is 32.3 Å². The quantitative estimate of drug-likeness (QED) is 0.725. The predicted molar refractivity (Wildman–Crippen MR) is 83.1 cm³/mol. The van der Waals surface area contributed by atoms with Crippen LogP contribution in [0.1, 0.15) is 16.8 Å². The molecule has 0 N–H and O–H groups in total. The molecule has 0 spiro atoms. The molecule has 1 aromatic carbocycles. The summed E-state index contributed by atoms with van der Waals surface area (Å²) in [6, 6.07) is 6.05. The Morgan fingerprint density at radius 1 is 1.35 bits per heavy atom. The molecule has 7 nitrogen and oxygen atoms in total. The van der Waals surface area contributed by atoms with Gasteiger partial charge in [-0.05, 0) is 24.6 Å². The first kappa shape index (κ1) is 17.3. The Morgan fingerprint density at radius 3 is 2.70 bits per heavy atom. The minimum absolute atomic E-state index is 0.0426. The van der Waals surface area contributed by atoms with Crippen LogP contribution in [0, 0.1) is 0 Å². The average Bonchev–Trinajstić information content (AvgIpc) is 2.91. The molecule has 0 aliphatic carbocycles. The van der Waals surface area contributed by atoms with Crippen molar-refractivity contribution in [3.05, 3.63) is 29.8 Å². The topological polar surface area (TPSA) is 90.0 Å². The number of benzene rings is 1. The third-order valence-electron chi connectivity index (χ3n) is 3.78. The molecule has 0 saturated carbocycles. The van der Waals surface area contributed by atoms with Gasteiger partial charge in [-0.15, -0.1) is 0 Å². The fourth-order valence-electron chi connectivity index (χ4n) is 2.35. The van der Waals surface area contributed by atoms with Gasteiger partial charge in [-0.1, -0.05) is 6.07 Å². The second-order valence-electron chi connectivity index (χ2n) is 5.37. The van der Waals surface area contributed by atoms with Crippen LogP contribution >= 0.6 is 0 Å². The second-order valence-corrected chi connectivity index (χ2v) is 7.60. The van der Waals surface area contributed by atoms with Crippen LogP contribution in [0.3, 0.4) is 0 Å². The molecule has 2 rings (SSSR count). The van der Waals surface area contributed by atoms with E-state index in [1.165, 1.54) is 25.1 Å².